The lowest BCUT2D eigenvalue weighted by molar-refractivity contribution is -0.141. The average Bonchev–Trinajstić information content (AvgIpc) is 2.80. The molecule has 7 nitrogen and oxygen atoms in total. The lowest BCUT2D eigenvalue weighted by Gasteiger charge is -2.26. The maximum Gasteiger partial charge on any atom is 0.433 e. The van der Waals surface area contributed by atoms with Crippen molar-refractivity contribution in [2.24, 2.45) is 4.99 Å². The Labute approximate surface area is 186 Å². The molecule has 1 saturated heterocycles. The van der Waals surface area contributed by atoms with Crippen LogP contribution in [0.1, 0.15) is 36.1 Å². The van der Waals surface area contributed by atoms with Gasteiger partial charge in [0, 0.05) is 39.4 Å². The van der Waals surface area contributed by atoms with Gasteiger partial charge >= 0.3 is 6.18 Å². The zero-order valence-electron chi connectivity index (χ0n) is 18.3. The fourth-order valence-corrected chi connectivity index (χ4v) is 3.50. The molecule has 1 aromatic heterocycles. The number of likely N-dealkylation sites (tertiary alicyclic amines) is 1. The van der Waals surface area contributed by atoms with Gasteiger partial charge in [-0.25, -0.2) is 9.97 Å². The lowest BCUT2D eigenvalue weighted by Crippen LogP contribution is -2.39. The first-order valence-electron chi connectivity index (χ1n) is 10.8. The van der Waals surface area contributed by atoms with Crippen molar-refractivity contribution in [3.8, 4) is 0 Å². The molecule has 1 fully saturated rings. The van der Waals surface area contributed by atoms with Gasteiger partial charge in [-0.05, 0) is 43.1 Å². The van der Waals surface area contributed by atoms with E-state index in [9.17, 15) is 13.2 Å². The molecule has 1 aliphatic heterocycles. The third-order valence-corrected chi connectivity index (χ3v) is 5.21. The number of hydrogen-bond donors (Lipinski definition) is 3. The summed E-state index contributed by atoms with van der Waals surface area (Å²) in [6.07, 6.45) is 0.512. The smallest absolute Gasteiger partial charge is 0.355 e. The number of rotatable bonds is 8. The van der Waals surface area contributed by atoms with Gasteiger partial charge in [0.25, 0.3) is 0 Å². The van der Waals surface area contributed by atoms with Crippen LogP contribution in [0.15, 0.2) is 41.5 Å². The number of halogens is 3. The summed E-state index contributed by atoms with van der Waals surface area (Å²) in [6, 6.07) is 9.41. The predicted molar refractivity (Wildman–Crippen MR) is 119 cm³/mol. The number of guanidine groups is 1. The molecular weight excluding hydrogens is 419 g/mol. The number of aliphatic imine (C=N–C) groups is 1. The molecule has 0 spiro atoms. The molecule has 32 heavy (non-hydrogen) atoms. The molecule has 0 unspecified atom stereocenters. The van der Waals surface area contributed by atoms with Crippen molar-refractivity contribution in [2.75, 3.05) is 38.5 Å². The molecule has 1 aromatic carbocycles. The van der Waals surface area contributed by atoms with Crippen LogP contribution in [0.3, 0.4) is 0 Å². The number of nitrogens with zero attached hydrogens (tertiary/aromatic N) is 4. The third kappa shape index (κ3) is 7.67. The van der Waals surface area contributed by atoms with Gasteiger partial charge in [0.15, 0.2) is 5.96 Å². The highest BCUT2D eigenvalue weighted by Crippen LogP contribution is 2.27. The first-order valence-corrected chi connectivity index (χ1v) is 10.8. The van der Waals surface area contributed by atoms with Crippen molar-refractivity contribution >= 4 is 11.9 Å². The van der Waals surface area contributed by atoms with Gasteiger partial charge in [0.05, 0.1) is 0 Å². The van der Waals surface area contributed by atoms with Crippen molar-refractivity contribution < 1.29 is 13.2 Å². The zero-order chi connectivity index (χ0) is 22.8. The molecule has 3 N–H and O–H groups in total. The van der Waals surface area contributed by atoms with E-state index in [4.69, 9.17) is 0 Å². The molecule has 0 aliphatic carbocycles. The largest absolute Gasteiger partial charge is 0.433 e. The molecule has 1 aliphatic rings. The second-order valence-corrected chi connectivity index (χ2v) is 7.70. The molecular formula is C22H30F3N7. The summed E-state index contributed by atoms with van der Waals surface area (Å²) in [7, 11) is 1.67. The van der Waals surface area contributed by atoms with Gasteiger partial charge < -0.3 is 16.0 Å². The van der Waals surface area contributed by atoms with E-state index in [0.29, 0.717) is 25.6 Å². The lowest BCUT2D eigenvalue weighted by atomic mass is 10.1. The quantitative estimate of drug-likeness (QED) is 0.326. The summed E-state index contributed by atoms with van der Waals surface area (Å²) >= 11 is 0. The Bertz CT molecular complexity index is 863. The third-order valence-electron chi connectivity index (χ3n) is 5.21. The number of alkyl halides is 3. The summed E-state index contributed by atoms with van der Waals surface area (Å²) < 4.78 is 38.1. The highest BCUT2D eigenvalue weighted by atomic mass is 19.4. The van der Waals surface area contributed by atoms with E-state index in [2.05, 4.69) is 60.1 Å². The van der Waals surface area contributed by atoms with E-state index >= 15 is 0 Å². The Morgan fingerprint density at radius 1 is 1.00 bits per heavy atom. The maximum atomic E-state index is 12.7. The topological polar surface area (TPSA) is 77.5 Å². The zero-order valence-corrected chi connectivity index (χ0v) is 18.3. The van der Waals surface area contributed by atoms with Crippen LogP contribution in [0.25, 0.3) is 0 Å². The first kappa shape index (κ1) is 23.8. The minimum absolute atomic E-state index is 0.0609. The Hall–Kier alpha value is -2.88. The van der Waals surface area contributed by atoms with Gasteiger partial charge in [-0.15, -0.1) is 0 Å². The van der Waals surface area contributed by atoms with Crippen molar-refractivity contribution in [1.82, 2.24) is 25.5 Å². The van der Waals surface area contributed by atoms with Crippen LogP contribution in [0, 0.1) is 0 Å². The molecule has 0 saturated carbocycles. The SMILES string of the molecule is CN=C(NCCNc1nccc(C(F)(F)F)n1)NCc1ccc(CN2CCCCC2)cc1. The molecule has 2 aromatic rings. The fourth-order valence-electron chi connectivity index (χ4n) is 3.50. The second kappa shape index (κ2) is 11.7. The Morgan fingerprint density at radius 2 is 1.72 bits per heavy atom. The standard InChI is InChI=1S/C22H30F3N7/c1-26-20(28-11-12-29-21-27-10-9-19(31-21)22(23,24)25)30-15-17-5-7-18(8-6-17)16-32-13-3-2-4-14-32/h5-10H,2-4,11-16H2,1H3,(H2,26,28,30)(H,27,29,31). The Balaban J connectivity index is 1.37. The fraction of sp³-hybridized carbons (Fsp3) is 0.500. The summed E-state index contributed by atoms with van der Waals surface area (Å²) in [5.41, 5.74) is 1.49. The first-order chi connectivity index (χ1) is 15.4. The average molecular weight is 450 g/mol. The normalized spacial score (nSPS) is 15.4. The van der Waals surface area contributed by atoms with Gasteiger partial charge in [-0.3, -0.25) is 9.89 Å². The van der Waals surface area contributed by atoms with E-state index in [-0.39, 0.29) is 5.95 Å². The molecule has 0 bridgehead atoms. The Kier molecular flexibility index (Phi) is 8.66. The van der Waals surface area contributed by atoms with Crippen LogP contribution in [0.4, 0.5) is 19.1 Å². The number of benzene rings is 1. The number of nitrogens with one attached hydrogen (secondary N) is 3. The summed E-state index contributed by atoms with van der Waals surface area (Å²) in [6.45, 7) is 4.76. The Morgan fingerprint density at radius 3 is 2.41 bits per heavy atom. The molecule has 10 heteroatoms. The molecule has 0 atom stereocenters. The summed E-state index contributed by atoms with van der Waals surface area (Å²) in [5.74, 6) is 0.545. The van der Waals surface area contributed by atoms with E-state index in [1.165, 1.54) is 37.9 Å². The van der Waals surface area contributed by atoms with Crippen molar-refractivity contribution in [2.45, 2.75) is 38.5 Å². The number of aromatic nitrogens is 2. The number of piperidine rings is 1. The van der Waals surface area contributed by atoms with Crippen molar-refractivity contribution in [1.29, 1.82) is 0 Å². The van der Waals surface area contributed by atoms with E-state index in [0.717, 1.165) is 24.4 Å². The van der Waals surface area contributed by atoms with E-state index < -0.39 is 11.9 Å². The monoisotopic (exact) mass is 449 g/mol. The molecule has 2 heterocycles. The van der Waals surface area contributed by atoms with Crippen LogP contribution in [0.2, 0.25) is 0 Å². The van der Waals surface area contributed by atoms with Gasteiger partial charge in [0.2, 0.25) is 5.95 Å². The van der Waals surface area contributed by atoms with Crippen molar-refractivity contribution in [3.05, 3.63) is 53.3 Å². The summed E-state index contributed by atoms with van der Waals surface area (Å²) in [4.78, 5) is 14.0. The van der Waals surface area contributed by atoms with Gasteiger partial charge in [-0.2, -0.15) is 13.2 Å². The van der Waals surface area contributed by atoms with Gasteiger partial charge in [0.1, 0.15) is 5.69 Å². The maximum absolute atomic E-state index is 12.7. The van der Waals surface area contributed by atoms with Crippen LogP contribution in [-0.4, -0.2) is 54.1 Å². The summed E-state index contributed by atoms with van der Waals surface area (Å²) in [5, 5.41) is 9.13. The van der Waals surface area contributed by atoms with Crippen LogP contribution < -0.4 is 16.0 Å². The number of hydrogen-bond acceptors (Lipinski definition) is 5. The van der Waals surface area contributed by atoms with Crippen LogP contribution in [-0.2, 0) is 19.3 Å². The van der Waals surface area contributed by atoms with Crippen LogP contribution in [0.5, 0.6) is 0 Å². The van der Waals surface area contributed by atoms with Gasteiger partial charge in [-0.1, -0.05) is 30.7 Å². The molecule has 0 radical (unpaired) electrons. The van der Waals surface area contributed by atoms with E-state index in [1.807, 2.05) is 0 Å². The molecule has 3 rings (SSSR count). The van der Waals surface area contributed by atoms with E-state index in [1.54, 1.807) is 7.05 Å². The van der Waals surface area contributed by atoms with Crippen molar-refractivity contribution in [3.63, 3.8) is 0 Å². The molecule has 0 amide bonds. The highest BCUT2D eigenvalue weighted by Gasteiger charge is 2.32. The number of anilines is 1. The highest BCUT2D eigenvalue weighted by molar-refractivity contribution is 5.79. The molecule has 174 valence electrons. The van der Waals surface area contributed by atoms with Crippen LogP contribution >= 0.6 is 0 Å². The minimum Gasteiger partial charge on any atom is -0.355 e. The second-order valence-electron chi connectivity index (χ2n) is 7.70. The minimum atomic E-state index is -4.49. The predicted octanol–water partition coefficient (Wildman–Crippen LogP) is 3.26.